The van der Waals surface area contributed by atoms with E-state index in [4.69, 9.17) is 5.73 Å². The molecular weight excluding hydrogens is 582 g/mol. The third kappa shape index (κ3) is 10.4. The van der Waals surface area contributed by atoms with E-state index in [0.29, 0.717) is 0 Å². The normalized spacial score (nSPS) is 14.9. The number of carbonyl (C=O) groups is 4. The van der Waals surface area contributed by atoms with Crippen molar-refractivity contribution in [2.75, 3.05) is 7.05 Å². The molecule has 0 aromatic carbocycles. The number of carbonyl (C=O) groups excluding carboxylic acids is 3. The van der Waals surface area contributed by atoms with Gasteiger partial charge in [0.2, 0.25) is 11.8 Å². The second-order valence-corrected chi connectivity index (χ2v) is 9.86. The summed E-state index contributed by atoms with van der Waals surface area (Å²) in [5, 5.41) is 11.9. The van der Waals surface area contributed by atoms with E-state index in [1.165, 1.54) is 4.90 Å². The molecule has 0 aromatic rings. The van der Waals surface area contributed by atoms with Gasteiger partial charge in [0.05, 0.1) is 6.04 Å². The molecule has 3 N–H and O–H groups in total. The van der Waals surface area contributed by atoms with Gasteiger partial charge in [0.25, 0.3) is 0 Å². The number of amides is 2. The smallest absolute Gasteiger partial charge is 0.326 e. The van der Waals surface area contributed by atoms with E-state index >= 15 is 0 Å². The second-order valence-electron chi connectivity index (χ2n) is 9.86. The average molecular weight is 622 g/mol. The number of likely N-dealkylation sites (N-methyl/N-ethyl adjacent to an activating group) is 1. The Bertz CT molecular complexity index is 698. The first kappa shape index (κ1) is 32.6. The number of rotatable bonds is 11. The molecule has 3 atom stereocenters. The number of nitrogens with zero attached hydrogens (tertiary/aromatic N) is 1. The number of hydrogen-bond acceptors (Lipinski definition) is 4. The van der Waals surface area contributed by atoms with E-state index in [9.17, 15) is 24.3 Å². The minimum Gasteiger partial charge on any atom is -0.666 e. The van der Waals surface area contributed by atoms with Gasteiger partial charge in [-0.15, -0.1) is 0 Å². The molecular formula is C23H40N3O5W-. The Kier molecular flexibility index (Phi) is 14.2. The number of carboxylic acid groups (broad SMARTS) is 1. The van der Waals surface area contributed by atoms with Crippen LogP contribution in [0.2, 0.25) is 0 Å². The minimum atomic E-state index is -1.20. The molecule has 2 amide bonds. The SMILES string of the molecule is C/C(=C\[C@H](C(C)C)N(C)C(=O)[C@@H]([NH-])C(C)(C)C)C(=O)NC(CCC(=O)C(C)C)C(=O)O.[W]. The molecule has 1 unspecified atom stereocenters. The molecule has 0 heterocycles. The molecule has 32 heavy (non-hydrogen) atoms. The van der Waals surface area contributed by atoms with Crippen molar-refractivity contribution in [3.8, 4) is 0 Å². The molecule has 0 fully saturated rings. The van der Waals surface area contributed by atoms with Gasteiger partial charge in [-0.25, -0.2) is 4.79 Å². The number of ketones is 1. The van der Waals surface area contributed by atoms with Crippen LogP contribution in [0.25, 0.3) is 5.73 Å². The van der Waals surface area contributed by atoms with Gasteiger partial charge in [-0.3, -0.25) is 14.4 Å². The van der Waals surface area contributed by atoms with Crippen molar-refractivity contribution in [2.24, 2.45) is 17.3 Å². The van der Waals surface area contributed by atoms with Gasteiger partial charge < -0.3 is 21.1 Å². The van der Waals surface area contributed by atoms with Crippen LogP contribution in [-0.4, -0.2) is 58.7 Å². The van der Waals surface area contributed by atoms with Gasteiger partial charge in [0.1, 0.15) is 11.8 Å². The second kappa shape index (κ2) is 13.9. The van der Waals surface area contributed by atoms with Crippen LogP contribution < -0.4 is 5.32 Å². The number of nitrogens with one attached hydrogen (secondary N) is 2. The van der Waals surface area contributed by atoms with Crippen molar-refractivity contribution in [3.63, 3.8) is 0 Å². The maximum absolute atomic E-state index is 12.8. The molecule has 0 bridgehead atoms. The Hall–Kier alpha value is -1.53. The van der Waals surface area contributed by atoms with Gasteiger partial charge in [-0.1, -0.05) is 60.6 Å². The standard InChI is InChI=1S/C23H40N3O5.W/c1-13(2)17(26(9)21(29)19(24)23(6,7)8)12-15(5)20(28)25-16(22(30)31)10-11-18(27)14(3)4;/h12-14,16-17,19,24H,10-11H2,1-9H3,(H,25,28)(H,30,31);/q-1;/b15-12+;/t16?,17-,19-;/m1./s1. The molecule has 0 aliphatic heterocycles. The summed E-state index contributed by atoms with van der Waals surface area (Å²) in [5.41, 5.74) is 7.98. The molecule has 0 aliphatic rings. The summed E-state index contributed by atoms with van der Waals surface area (Å²) in [6.45, 7) is 14.3. The molecule has 0 rings (SSSR count). The first-order chi connectivity index (χ1) is 14.0. The Morgan fingerprint density at radius 3 is 1.97 bits per heavy atom. The fourth-order valence-corrected chi connectivity index (χ4v) is 2.91. The van der Waals surface area contributed by atoms with Crippen LogP contribution in [0.15, 0.2) is 11.6 Å². The molecule has 8 nitrogen and oxygen atoms in total. The van der Waals surface area contributed by atoms with Crippen LogP contribution in [0, 0.1) is 17.3 Å². The summed E-state index contributed by atoms with van der Waals surface area (Å²) in [4.78, 5) is 50.2. The molecule has 0 aliphatic carbocycles. The van der Waals surface area contributed by atoms with E-state index in [2.05, 4.69) is 5.32 Å². The predicted molar refractivity (Wildman–Crippen MR) is 121 cm³/mol. The predicted octanol–water partition coefficient (Wildman–Crippen LogP) is 3.45. The Morgan fingerprint density at radius 1 is 1.09 bits per heavy atom. The summed E-state index contributed by atoms with van der Waals surface area (Å²) in [7, 11) is 1.61. The third-order valence-corrected chi connectivity index (χ3v) is 5.30. The van der Waals surface area contributed by atoms with Crippen LogP contribution in [0.1, 0.15) is 68.2 Å². The monoisotopic (exact) mass is 622 g/mol. The van der Waals surface area contributed by atoms with E-state index in [0.717, 1.165) is 0 Å². The van der Waals surface area contributed by atoms with Crippen molar-refractivity contribution in [2.45, 2.75) is 86.4 Å². The van der Waals surface area contributed by atoms with Crippen molar-refractivity contribution in [1.29, 1.82) is 0 Å². The molecule has 0 saturated carbocycles. The molecule has 0 aromatic heterocycles. The van der Waals surface area contributed by atoms with E-state index in [-0.39, 0.29) is 63.0 Å². The Labute approximate surface area is 207 Å². The number of Topliss-reactive ketones (excluding diaryl/α,β-unsaturated/α-hetero) is 1. The van der Waals surface area contributed by atoms with E-state index in [1.807, 2.05) is 34.6 Å². The van der Waals surface area contributed by atoms with E-state index < -0.39 is 35.4 Å². The summed E-state index contributed by atoms with van der Waals surface area (Å²) in [5.74, 6) is -2.38. The molecule has 184 valence electrons. The van der Waals surface area contributed by atoms with Crippen LogP contribution in [0.3, 0.4) is 0 Å². The zero-order chi connectivity index (χ0) is 24.7. The largest absolute Gasteiger partial charge is 0.666 e. The number of aliphatic carboxylic acids is 1. The van der Waals surface area contributed by atoms with Crippen molar-refractivity contribution < 1.29 is 45.3 Å². The van der Waals surface area contributed by atoms with Crippen molar-refractivity contribution >= 4 is 23.6 Å². The molecule has 0 saturated heterocycles. The summed E-state index contributed by atoms with van der Waals surface area (Å²) in [6.07, 6.45) is 1.72. The van der Waals surface area contributed by atoms with Crippen LogP contribution in [0.5, 0.6) is 0 Å². The van der Waals surface area contributed by atoms with Crippen molar-refractivity contribution in [3.05, 3.63) is 17.4 Å². The summed E-state index contributed by atoms with van der Waals surface area (Å²) in [6, 6.07) is -2.55. The first-order valence-electron chi connectivity index (χ1n) is 10.7. The van der Waals surface area contributed by atoms with Gasteiger partial charge in [0.15, 0.2) is 0 Å². The summed E-state index contributed by atoms with van der Waals surface area (Å²) >= 11 is 0. The number of hydrogen-bond donors (Lipinski definition) is 2. The Morgan fingerprint density at radius 2 is 1.59 bits per heavy atom. The van der Waals surface area contributed by atoms with Crippen LogP contribution in [0.4, 0.5) is 0 Å². The quantitative estimate of drug-likeness (QED) is 0.342. The number of carboxylic acids is 1. The zero-order valence-corrected chi connectivity index (χ0v) is 23.7. The van der Waals surface area contributed by atoms with Gasteiger partial charge >= 0.3 is 5.97 Å². The minimum absolute atomic E-state index is 0. The molecule has 0 spiro atoms. The van der Waals surface area contributed by atoms with Crippen LogP contribution >= 0.6 is 0 Å². The van der Waals surface area contributed by atoms with Gasteiger partial charge in [-0.05, 0) is 24.7 Å². The van der Waals surface area contributed by atoms with E-state index in [1.54, 1.807) is 33.9 Å². The van der Waals surface area contributed by atoms with Crippen LogP contribution in [-0.2, 0) is 40.2 Å². The van der Waals surface area contributed by atoms with Crippen molar-refractivity contribution in [1.82, 2.24) is 10.2 Å². The summed E-state index contributed by atoms with van der Waals surface area (Å²) < 4.78 is 0. The fraction of sp³-hybridized carbons (Fsp3) is 0.739. The maximum atomic E-state index is 12.8. The third-order valence-electron chi connectivity index (χ3n) is 5.30. The molecule has 9 heteroatoms. The average Bonchev–Trinajstić information content (AvgIpc) is 2.65. The fourth-order valence-electron chi connectivity index (χ4n) is 2.91. The van der Waals surface area contributed by atoms with Gasteiger partial charge in [-0.2, -0.15) is 0 Å². The topological polar surface area (TPSA) is 128 Å². The first-order valence-corrected chi connectivity index (χ1v) is 10.7. The molecule has 0 radical (unpaired) electrons. The van der Waals surface area contributed by atoms with Gasteiger partial charge in [0, 0.05) is 46.0 Å². The zero-order valence-electron chi connectivity index (χ0n) is 20.8. The maximum Gasteiger partial charge on any atom is 0.326 e. The Balaban J connectivity index is 0.